The first kappa shape index (κ1) is 20.3. The minimum Gasteiger partial charge on any atom is -0.328 e. The summed E-state index contributed by atoms with van der Waals surface area (Å²) in [6.45, 7) is 5.15. The number of nitrogens with two attached hydrogens (primary N) is 1. The third-order valence-electron chi connectivity index (χ3n) is 5.37. The Morgan fingerprint density at radius 1 is 0.750 bits per heavy atom. The van der Waals surface area contributed by atoms with Gasteiger partial charge in [0.05, 0.1) is 5.54 Å². The van der Waals surface area contributed by atoms with Crippen LogP contribution in [0, 0.1) is 6.92 Å². The smallest absolute Gasteiger partial charge is 0.0947 e. The molecule has 3 rings (SSSR count). The highest BCUT2D eigenvalue weighted by atomic mass is 15.0. The SMILES string of the molecule is Cc1ccc(C(NCCCCC(C)N)(c2ccccc2)c2ccccc2)cc1. The minimum absolute atomic E-state index is 0.269. The molecule has 0 heterocycles. The lowest BCUT2D eigenvalue weighted by molar-refractivity contribution is 0.453. The van der Waals surface area contributed by atoms with Gasteiger partial charge in [-0.3, -0.25) is 5.32 Å². The van der Waals surface area contributed by atoms with Crippen LogP contribution in [-0.2, 0) is 5.54 Å². The molecule has 2 heteroatoms. The summed E-state index contributed by atoms with van der Waals surface area (Å²) in [5, 5.41) is 3.93. The van der Waals surface area contributed by atoms with E-state index in [0.29, 0.717) is 0 Å². The highest BCUT2D eigenvalue weighted by Gasteiger charge is 2.35. The van der Waals surface area contributed by atoms with Gasteiger partial charge < -0.3 is 5.73 Å². The summed E-state index contributed by atoms with van der Waals surface area (Å²) in [6, 6.07) is 30.7. The molecule has 0 saturated heterocycles. The second kappa shape index (κ2) is 9.68. The van der Waals surface area contributed by atoms with Crippen LogP contribution in [0.5, 0.6) is 0 Å². The van der Waals surface area contributed by atoms with E-state index >= 15 is 0 Å². The van der Waals surface area contributed by atoms with Gasteiger partial charge in [-0.2, -0.15) is 0 Å². The van der Waals surface area contributed by atoms with Gasteiger partial charge in [0.2, 0.25) is 0 Å². The van der Waals surface area contributed by atoms with Crippen LogP contribution in [0.2, 0.25) is 0 Å². The van der Waals surface area contributed by atoms with Crippen molar-refractivity contribution in [2.24, 2.45) is 5.73 Å². The summed E-state index contributed by atoms with van der Waals surface area (Å²) in [5.74, 6) is 0. The monoisotopic (exact) mass is 372 g/mol. The van der Waals surface area contributed by atoms with Crippen LogP contribution in [0.15, 0.2) is 84.9 Å². The molecule has 0 radical (unpaired) electrons. The fourth-order valence-corrected chi connectivity index (χ4v) is 3.85. The fourth-order valence-electron chi connectivity index (χ4n) is 3.85. The van der Waals surface area contributed by atoms with Crippen molar-refractivity contribution in [2.75, 3.05) is 6.54 Å². The number of nitrogens with one attached hydrogen (secondary N) is 1. The fraction of sp³-hybridized carbons (Fsp3) is 0.308. The molecule has 2 nitrogen and oxygen atoms in total. The van der Waals surface area contributed by atoms with Crippen molar-refractivity contribution >= 4 is 0 Å². The molecule has 146 valence electrons. The van der Waals surface area contributed by atoms with Crippen molar-refractivity contribution in [3.63, 3.8) is 0 Å². The van der Waals surface area contributed by atoms with Crippen LogP contribution in [0.3, 0.4) is 0 Å². The molecule has 0 aliphatic carbocycles. The highest BCUT2D eigenvalue weighted by molar-refractivity contribution is 5.49. The molecule has 28 heavy (non-hydrogen) atoms. The summed E-state index contributed by atoms with van der Waals surface area (Å²) < 4.78 is 0. The molecule has 0 fully saturated rings. The molecule has 3 aromatic rings. The van der Waals surface area contributed by atoms with Crippen molar-refractivity contribution in [3.05, 3.63) is 107 Å². The van der Waals surface area contributed by atoms with Gasteiger partial charge in [0, 0.05) is 6.04 Å². The van der Waals surface area contributed by atoms with Gasteiger partial charge in [0.1, 0.15) is 0 Å². The van der Waals surface area contributed by atoms with E-state index in [1.54, 1.807) is 0 Å². The Morgan fingerprint density at radius 3 is 1.75 bits per heavy atom. The van der Waals surface area contributed by atoms with Crippen molar-refractivity contribution in [1.82, 2.24) is 5.32 Å². The van der Waals surface area contributed by atoms with E-state index in [-0.39, 0.29) is 11.6 Å². The van der Waals surface area contributed by atoms with Crippen LogP contribution in [0.1, 0.15) is 48.4 Å². The minimum atomic E-state index is -0.370. The van der Waals surface area contributed by atoms with Gasteiger partial charge in [-0.1, -0.05) is 96.9 Å². The predicted molar refractivity (Wildman–Crippen MR) is 119 cm³/mol. The van der Waals surface area contributed by atoms with Crippen LogP contribution in [0.4, 0.5) is 0 Å². The van der Waals surface area contributed by atoms with Gasteiger partial charge in [-0.25, -0.2) is 0 Å². The molecule has 0 aliphatic rings. The molecule has 0 aliphatic heterocycles. The first-order valence-electron chi connectivity index (χ1n) is 10.3. The van der Waals surface area contributed by atoms with E-state index in [2.05, 4.69) is 104 Å². The maximum atomic E-state index is 5.93. The number of hydrogen-bond acceptors (Lipinski definition) is 2. The Bertz CT molecular complexity index is 784. The second-order valence-corrected chi connectivity index (χ2v) is 7.75. The van der Waals surface area contributed by atoms with E-state index in [4.69, 9.17) is 5.73 Å². The third kappa shape index (κ3) is 4.70. The zero-order chi connectivity index (χ0) is 19.8. The van der Waals surface area contributed by atoms with Crippen LogP contribution in [-0.4, -0.2) is 12.6 Å². The molecule has 1 atom stereocenters. The first-order valence-corrected chi connectivity index (χ1v) is 10.3. The standard InChI is InChI=1S/C26H32N2/c1-21-16-18-25(19-17-21)26(23-12-5-3-6-13-23,24-14-7-4-8-15-24)28-20-10-9-11-22(2)27/h3-8,12-19,22,28H,9-11,20,27H2,1-2H3. The first-order chi connectivity index (χ1) is 13.6. The van der Waals surface area contributed by atoms with E-state index in [9.17, 15) is 0 Å². The third-order valence-corrected chi connectivity index (χ3v) is 5.37. The zero-order valence-electron chi connectivity index (χ0n) is 17.1. The number of rotatable bonds is 9. The Morgan fingerprint density at radius 2 is 1.25 bits per heavy atom. The Labute approximate surface area is 169 Å². The van der Waals surface area contributed by atoms with Gasteiger partial charge in [-0.15, -0.1) is 0 Å². The lowest BCUT2D eigenvalue weighted by atomic mass is 9.76. The van der Waals surface area contributed by atoms with Crippen molar-refractivity contribution in [1.29, 1.82) is 0 Å². The maximum Gasteiger partial charge on any atom is 0.0947 e. The molecular formula is C26H32N2. The lowest BCUT2D eigenvalue weighted by Crippen LogP contribution is -2.45. The summed E-state index contributed by atoms with van der Waals surface area (Å²) in [4.78, 5) is 0. The normalized spacial score (nSPS) is 12.7. The number of benzene rings is 3. The number of unbranched alkanes of at least 4 members (excludes halogenated alkanes) is 1. The number of hydrogen-bond donors (Lipinski definition) is 2. The molecule has 0 saturated carbocycles. The van der Waals surface area contributed by atoms with Crippen LogP contribution < -0.4 is 11.1 Å². The molecule has 0 aromatic heterocycles. The maximum absolute atomic E-state index is 5.93. The summed E-state index contributed by atoms with van der Waals surface area (Å²) in [7, 11) is 0. The lowest BCUT2D eigenvalue weighted by Gasteiger charge is -2.37. The highest BCUT2D eigenvalue weighted by Crippen LogP contribution is 2.37. The van der Waals surface area contributed by atoms with Crippen molar-refractivity contribution in [2.45, 2.75) is 44.7 Å². The predicted octanol–water partition coefficient (Wildman–Crippen LogP) is 5.39. The molecule has 0 amide bonds. The average molecular weight is 373 g/mol. The second-order valence-electron chi connectivity index (χ2n) is 7.75. The molecule has 1 unspecified atom stereocenters. The van der Waals surface area contributed by atoms with E-state index < -0.39 is 0 Å². The molecular weight excluding hydrogens is 340 g/mol. The van der Waals surface area contributed by atoms with Gasteiger partial charge in [0.15, 0.2) is 0 Å². The molecule has 3 aromatic carbocycles. The van der Waals surface area contributed by atoms with E-state index in [1.165, 1.54) is 22.3 Å². The van der Waals surface area contributed by atoms with Gasteiger partial charge >= 0.3 is 0 Å². The summed E-state index contributed by atoms with van der Waals surface area (Å²) in [5.41, 5.74) is 10.6. The summed E-state index contributed by atoms with van der Waals surface area (Å²) >= 11 is 0. The quantitative estimate of drug-likeness (QED) is 0.390. The molecule has 3 N–H and O–H groups in total. The molecule has 0 spiro atoms. The average Bonchev–Trinajstić information content (AvgIpc) is 2.73. The Balaban J connectivity index is 2.03. The summed E-state index contributed by atoms with van der Waals surface area (Å²) in [6.07, 6.45) is 3.31. The number of aryl methyl sites for hydroxylation is 1. The Hall–Kier alpha value is -2.42. The topological polar surface area (TPSA) is 38.0 Å². The largest absolute Gasteiger partial charge is 0.328 e. The van der Waals surface area contributed by atoms with E-state index in [1.807, 2.05) is 0 Å². The van der Waals surface area contributed by atoms with Crippen molar-refractivity contribution in [3.8, 4) is 0 Å². The van der Waals surface area contributed by atoms with Crippen molar-refractivity contribution < 1.29 is 0 Å². The van der Waals surface area contributed by atoms with Crippen LogP contribution in [0.25, 0.3) is 0 Å². The zero-order valence-corrected chi connectivity index (χ0v) is 17.1. The van der Waals surface area contributed by atoms with E-state index in [0.717, 1.165) is 25.8 Å². The van der Waals surface area contributed by atoms with Gasteiger partial charge in [-0.05, 0) is 49.9 Å². The van der Waals surface area contributed by atoms with Crippen LogP contribution >= 0.6 is 0 Å². The van der Waals surface area contributed by atoms with Gasteiger partial charge in [0.25, 0.3) is 0 Å². The molecule has 0 bridgehead atoms. The Kier molecular flexibility index (Phi) is 7.02.